The molecule has 1 aliphatic heterocycles. The first-order chi connectivity index (χ1) is 11.4. The van der Waals surface area contributed by atoms with Crippen molar-refractivity contribution in [2.45, 2.75) is 32.5 Å². The zero-order chi connectivity index (χ0) is 17.3. The third-order valence-electron chi connectivity index (χ3n) is 3.90. The summed E-state index contributed by atoms with van der Waals surface area (Å²) in [7, 11) is -1.67. The summed E-state index contributed by atoms with van der Waals surface area (Å²) in [6.07, 6.45) is 1.34. The molecule has 0 atom stereocenters. The molecule has 2 aliphatic rings. The monoisotopic (exact) mass is 336 g/mol. The van der Waals surface area contributed by atoms with Crippen LogP contribution in [0.2, 0.25) is 19.6 Å². The van der Waals surface area contributed by atoms with Crippen LogP contribution in [-0.4, -0.2) is 26.2 Å². The Kier molecular flexibility index (Phi) is 4.29. The molecular formula is C20H20O3Si. The van der Waals surface area contributed by atoms with E-state index in [1.807, 2.05) is 30.3 Å². The molecule has 3 rings (SSSR count). The minimum absolute atomic E-state index is 0.145. The zero-order valence-corrected chi connectivity index (χ0v) is 15.2. The molecule has 1 heterocycles. The van der Waals surface area contributed by atoms with Crippen molar-refractivity contribution in [3.8, 4) is 11.5 Å². The van der Waals surface area contributed by atoms with E-state index in [0.29, 0.717) is 29.7 Å². The van der Waals surface area contributed by atoms with E-state index in [1.165, 1.54) is 0 Å². The van der Waals surface area contributed by atoms with Crippen LogP contribution in [0.1, 0.15) is 18.4 Å². The second kappa shape index (κ2) is 6.25. The number of Topliss-reactive ketones (excluding diaryl/α,β-unsaturated/α-hetero) is 2. The van der Waals surface area contributed by atoms with Crippen molar-refractivity contribution in [1.82, 2.24) is 0 Å². The van der Waals surface area contributed by atoms with Gasteiger partial charge in [0.25, 0.3) is 0 Å². The van der Waals surface area contributed by atoms with Gasteiger partial charge in [-0.2, -0.15) is 0 Å². The number of ether oxygens (including phenoxy) is 1. The fourth-order valence-electron chi connectivity index (χ4n) is 2.78. The summed E-state index contributed by atoms with van der Waals surface area (Å²) in [5.41, 5.74) is 5.16. The molecule has 0 saturated heterocycles. The average Bonchev–Trinajstić information content (AvgIpc) is 2.57. The highest BCUT2D eigenvalue weighted by Crippen LogP contribution is 2.35. The van der Waals surface area contributed by atoms with E-state index in [9.17, 15) is 9.59 Å². The summed E-state index contributed by atoms with van der Waals surface area (Å²) < 4.78 is 5.55. The first-order valence-electron chi connectivity index (χ1n) is 8.17. The van der Waals surface area contributed by atoms with Gasteiger partial charge in [-0.25, -0.2) is 0 Å². The highest BCUT2D eigenvalue weighted by atomic mass is 28.3. The molecular weight excluding hydrogens is 316 g/mol. The Morgan fingerprint density at radius 1 is 1.04 bits per heavy atom. The fraction of sp³-hybridized carbons (Fsp3) is 0.300. The molecule has 0 unspecified atom stereocenters. The molecule has 3 nitrogen and oxygen atoms in total. The standard InChI is InChI=1S/C20H20O3Si/c1-24(2,3)13-11-15-17(14-8-5-4-6-9-14)19(22)20-16(18(15)21)10-7-12-23-20/h4-6,8-9H,7,10,12H2,1-3H3. The normalized spacial score (nSPS) is 18.0. The van der Waals surface area contributed by atoms with E-state index < -0.39 is 8.07 Å². The molecule has 1 aromatic carbocycles. The summed E-state index contributed by atoms with van der Waals surface area (Å²) in [6, 6.07) is 9.27. The number of ketones is 2. The van der Waals surface area contributed by atoms with Crippen LogP contribution in [0.3, 0.4) is 0 Å². The van der Waals surface area contributed by atoms with E-state index in [-0.39, 0.29) is 17.3 Å². The summed E-state index contributed by atoms with van der Waals surface area (Å²) in [5, 5.41) is 0. The van der Waals surface area contributed by atoms with Crippen LogP contribution in [-0.2, 0) is 14.3 Å². The summed E-state index contributed by atoms with van der Waals surface area (Å²) in [5.74, 6) is 2.92. The molecule has 0 spiro atoms. The van der Waals surface area contributed by atoms with Crippen LogP contribution in [0.5, 0.6) is 0 Å². The maximum absolute atomic E-state index is 13.0. The highest BCUT2D eigenvalue weighted by molar-refractivity contribution is 6.84. The predicted molar refractivity (Wildman–Crippen MR) is 96.7 cm³/mol. The van der Waals surface area contributed by atoms with Crippen LogP contribution >= 0.6 is 0 Å². The third-order valence-corrected chi connectivity index (χ3v) is 4.78. The maximum atomic E-state index is 13.0. The van der Waals surface area contributed by atoms with Gasteiger partial charge in [0.15, 0.2) is 5.76 Å². The van der Waals surface area contributed by atoms with Crippen molar-refractivity contribution >= 4 is 25.2 Å². The summed E-state index contributed by atoms with van der Waals surface area (Å²) >= 11 is 0. The first-order valence-corrected chi connectivity index (χ1v) is 11.7. The van der Waals surface area contributed by atoms with Crippen LogP contribution in [0.4, 0.5) is 0 Å². The third kappa shape index (κ3) is 3.13. The Balaban J connectivity index is 2.21. The van der Waals surface area contributed by atoms with Gasteiger partial charge in [-0.05, 0) is 18.4 Å². The van der Waals surface area contributed by atoms with Crippen LogP contribution in [0, 0.1) is 11.5 Å². The lowest BCUT2D eigenvalue weighted by Crippen LogP contribution is -2.27. The van der Waals surface area contributed by atoms with Gasteiger partial charge in [0.2, 0.25) is 11.6 Å². The van der Waals surface area contributed by atoms with Crippen molar-refractivity contribution in [3.63, 3.8) is 0 Å². The Bertz CT molecular complexity index is 827. The predicted octanol–water partition coefficient (Wildman–Crippen LogP) is 3.54. The van der Waals surface area contributed by atoms with Crippen LogP contribution in [0.15, 0.2) is 47.2 Å². The lowest BCUT2D eigenvalue weighted by molar-refractivity contribution is -0.118. The minimum Gasteiger partial charge on any atom is -0.489 e. The van der Waals surface area contributed by atoms with Crippen molar-refractivity contribution < 1.29 is 14.3 Å². The average molecular weight is 336 g/mol. The van der Waals surface area contributed by atoms with Crippen molar-refractivity contribution in [2.24, 2.45) is 0 Å². The van der Waals surface area contributed by atoms with E-state index >= 15 is 0 Å². The molecule has 0 fully saturated rings. The zero-order valence-electron chi connectivity index (χ0n) is 14.2. The number of rotatable bonds is 1. The number of allylic oxidation sites excluding steroid dienone is 3. The van der Waals surface area contributed by atoms with Gasteiger partial charge in [-0.1, -0.05) is 55.9 Å². The Morgan fingerprint density at radius 3 is 2.42 bits per heavy atom. The largest absolute Gasteiger partial charge is 0.489 e. The second-order valence-corrected chi connectivity index (χ2v) is 11.8. The van der Waals surface area contributed by atoms with E-state index in [0.717, 1.165) is 12.0 Å². The van der Waals surface area contributed by atoms with Gasteiger partial charge in [-0.15, -0.1) is 5.54 Å². The van der Waals surface area contributed by atoms with E-state index in [1.54, 1.807) is 0 Å². The molecule has 1 aromatic rings. The molecule has 122 valence electrons. The second-order valence-electron chi connectivity index (χ2n) is 7.03. The molecule has 0 bridgehead atoms. The lowest BCUT2D eigenvalue weighted by Gasteiger charge is -2.25. The van der Waals surface area contributed by atoms with Gasteiger partial charge in [0, 0.05) is 5.57 Å². The molecule has 1 aliphatic carbocycles. The number of benzene rings is 1. The van der Waals surface area contributed by atoms with E-state index in [4.69, 9.17) is 4.74 Å². The molecule has 0 N–H and O–H groups in total. The quantitative estimate of drug-likeness (QED) is 0.448. The van der Waals surface area contributed by atoms with Gasteiger partial charge < -0.3 is 4.74 Å². The Hall–Kier alpha value is -2.38. The number of hydrogen-bond donors (Lipinski definition) is 0. The number of hydrogen-bond acceptors (Lipinski definition) is 3. The van der Waals surface area contributed by atoms with Gasteiger partial charge >= 0.3 is 0 Å². The summed E-state index contributed by atoms with van der Waals surface area (Å²) in [4.78, 5) is 26.0. The number of carbonyl (C=O) groups is 2. The van der Waals surface area contributed by atoms with Gasteiger partial charge in [0.05, 0.1) is 17.8 Å². The van der Waals surface area contributed by atoms with Crippen LogP contribution in [0.25, 0.3) is 5.57 Å². The molecule has 0 saturated carbocycles. The molecule has 24 heavy (non-hydrogen) atoms. The van der Waals surface area contributed by atoms with Crippen LogP contribution < -0.4 is 0 Å². The molecule has 0 radical (unpaired) electrons. The lowest BCUT2D eigenvalue weighted by atomic mass is 9.82. The van der Waals surface area contributed by atoms with Crippen molar-refractivity contribution in [2.75, 3.05) is 6.61 Å². The van der Waals surface area contributed by atoms with Crippen molar-refractivity contribution in [3.05, 3.63) is 52.8 Å². The highest BCUT2D eigenvalue weighted by Gasteiger charge is 2.37. The smallest absolute Gasteiger partial charge is 0.229 e. The van der Waals surface area contributed by atoms with Gasteiger partial charge in [-0.3, -0.25) is 9.59 Å². The number of carbonyl (C=O) groups excluding carboxylic acids is 2. The first kappa shape index (κ1) is 16.5. The molecule has 0 amide bonds. The molecule has 0 aromatic heterocycles. The molecule has 4 heteroatoms. The minimum atomic E-state index is -1.67. The Morgan fingerprint density at radius 2 is 1.75 bits per heavy atom. The van der Waals surface area contributed by atoms with E-state index in [2.05, 4.69) is 31.1 Å². The Labute approximate surface area is 143 Å². The maximum Gasteiger partial charge on any atom is 0.229 e. The topological polar surface area (TPSA) is 43.4 Å². The van der Waals surface area contributed by atoms with Gasteiger partial charge in [0.1, 0.15) is 8.07 Å². The van der Waals surface area contributed by atoms with Crippen molar-refractivity contribution in [1.29, 1.82) is 0 Å². The fourth-order valence-corrected chi connectivity index (χ4v) is 3.28. The SMILES string of the molecule is C[Si](C)(C)C#CC1=C(c2ccccc2)C(=O)C2=C(CCCO2)C1=O. The summed E-state index contributed by atoms with van der Waals surface area (Å²) in [6.45, 7) is 6.83.